The van der Waals surface area contributed by atoms with Gasteiger partial charge in [-0.1, -0.05) is 24.3 Å². The van der Waals surface area contributed by atoms with E-state index in [0.717, 1.165) is 31.6 Å². The van der Waals surface area contributed by atoms with E-state index < -0.39 is 17.7 Å². The van der Waals surface area contributed by atoms with Gasteiger partial charge in [0.15, 0.2) is 0 Å². The molecule has 3 atom stereocenters. The van der Waals surface area contributed by atoms with E-state index in [9.17, 15) is 9.59 Å². The van der Waals surface area contributed by atoms with E-state index in [1.807, 2.05) is 32.9 Å². The van der Waals surface area contributed by atoms with Crippen LogP contribution in [0.2, 0.25) is 0 Å². The van der Waals surface area contributed by atoms with Gasteiger partial charge in [0, 0.05) is 32.7 Å². The van der Waals surface area contributed by atoms with Gasteiger partial charge < -0.3 is 14.8 Å². The van der Waals surface area contributed by atoms with E-state index in [4.69, 9.17) is 9.47 Å². The first kappa shape index (κ1) is 23.5. The van der Waals surface area contributed by atoms with Crippen molar-refractivity contribution >= 4 is 12.0 Å². The molecule has 2 amide bonds. The summed E-state index contributed by atoms with van der Waals surface area (Å²) in [6.45, 7) is 13.3. The second-order valence-corrected chi connectivity index (χ2v) is 9.77. The van der Waals surface area contributed by atoms with Crippen LogP contribution in [0.5, 0.6) is 0 Å². The lowest BCUT2D eigenvalue weighted by molar-refractivity contribution is -0.125. The first-order chi connectivity index (χ1) is 14.6. The molecule has 172 valence electrons. The summed E-state index contributed by atoms with van der Waals surface area (Å²) in [6, 6.07) is 7.74. The molecule has 2 heterocycles. The van der Waals surface area contributed by atoms with Crippen LogP contribution in [0.3, 0.4) is 0 Å². The quantitative estimate of drug-likeness (QED) is 0.775. The number of carbonyl (C=O) groups excluding carboxylic acids is 2. The summed E-state index contributed by atoms with van der Waals surface area (Å²) in [7, 11) is 0. The number of hydrogen-bond acceptors (Lipinski definition) is 5. The molecular weight excluding hydrogens is 394 g/mol. The molecule has 31 heavy (non-hydrogen) atoms. The van der Waals surface area contributed by atoms with E-state index in [2.05, 4.69) is 36.2 Å². The summed E-state index contributed by atoms with van der Waals surface area (Å²) in [4.78, 5) is 29.3. The lowest BCUT2D eigenvalue weighted by Gasteiger charge is -2.35. The van der Waals surface area contributed by atoms with Crippen molar-refractivity contribution in [1.82, 2.24) is 15.1 Å². The molecule has 2 aliphatic rings. The van der Waals surface area contributed by atoms with Crippen molar-refractivity contribution in [2.75, 3.05) is 19.6 Å². The van der Waals surface area contributed by atoms with Crippen molar-refractivity contribution in [2.45, 2.75) is 84.4 Å². The fourth-order valence-electron chi connectivity index (χ4n) is 4.42. The van der Waals surface area contributed by atoms with Crippen LogP contribution in [0.1, 0.15) is 58.6 Å². The minimum Gasteiger partial charge on any atom is -0.444 e. The Morgan fingerprint density at radius 3 is 2.42 bits per heavy atom. The van der Waals surface area contributed by atoms with Gasteiger partial charge in [0.25, 0.3) is 0 Å². The van der Waals surface area contributed by atoms with E-state index in [1.165, 1.54) is 5.56 Å². The number of hydrogen-bond donors (Lipinski definition) is 1. The monoisotopic (exact) mass is 431 g/mol. The Bertz CT molecular complexity index is 766. The zero-order chi connectivity index (χ0) is 22.6. The number of carbonyl (C=O) groups is 2. The van der Waals surface area contributed by atoms with E-state index in [0.29, 0.717) is 19.5 Å². The predicted octanol–water partition coefficient (Wildman–Crippen LogP) is 3.31. The highest BCUT2D eigenvalue weighted by molar-refractivity contribution is 5.86. The molecule has 0 bridgehead atoms. The number of nitrogens with zero attached hydrogens (tertiary/aromatic N) is 2. The maximum Gasteiger partial charge on any atom is 0.410 e. The third-order valence-electron chi connectivity index (χ3n) is 5.64. The van der Waals surface area contributed by atoms with Gasteiger partial charge in [0.05, 0.1) is 12.2 Å². The number of morpholine rings is 1. The number of likely N-dealkylation sites (tertiary alicyclic amines) is 1. The van der Waals surface area contributed by atoms with E-state index in [-0.39, 0.29) is 18.1 Å². The Hall–Kier alpha value is -2.12. The number of benzene rings is 1. The Morgan fingerprint density at radius 1 is 1.13 bits per heavy atom. The minimum absolute atomic E-state index is 0.119. The van der Waals surface area contributed by atoms with Crippen molar-refractivity contribution in [3.05, 3.63) is 35.4 Å². The molecule has 7 heteroatoms. The fourth-order valence-corrected chi connectivity index (χ4v) is 4.42. The molecule has 7 nitrogen and oxygen atoms in total. The summed E-state index contributed by atoms with van der Waals surface area (Å²) in [5, 5.41) is 3.05. The lowest BCUT2D eigenvalue weighted by atomic mass is 10.1. The summed E-state index contributed by atoms with van der Waals surface area (Å²) < 4.78 is 11.3. The average molecular weight is 432 g/mol. The normalized spacial score (nSPS) is 24.8. The molecule has 2 saturated heterocycles. The fraction of sp³-hybridized carbons (Fsp3) is 0.667. The summed E-state index contributed by atoms with van der Waals surface area (Å²) >= 11 is 0. The van der Waals surface area contributed by atoms with Crippen LogP contribution in [0.4, 0.5) is 4.79 Å². The minimum atomic E-state index is -0.575. The molecule has 2 aliphatic heterocycles. The molecule has 3 rings (SSSR count). The summed E-state index contributed by atoms with van der Waals surface area (Å²) in [5.74, 6) is -0.119. The number of nitrogens with one attached hydrogen (secondary N) is 1. The number of ether oxygens (including phenoxy) is 2. The third-order valence-corrected chi connectivity index (χ3v) is 5.64. The zero-order valence-electron chi connectivity index (χ0n) is 19.5. The van der Waals surface area contributed by atoms with Gasteiger partial charge in [0.1, 0.15) is 11.6 Å². The zero-order valence-corrected chi connectivity index (χ0v) is 19.5. The second-order valence-electron chi connectivity index (χ2n) is 9.77. The molecule has 0 aliphatic carbocycles. The maximum absolute atomic E-state index is 12.9. The molecular formula is C24H37N3O4. The van der Waals surface area contributed by atoms with Crippen molar-refractivity contribution in [3.8, 4) is 0 Å². The SMILES string of the molecule is C[C@@H]1CN(Cc2ccccc2CNC(=O)[C@H]2CCCN2C(=O)OC(C)(C)C)C[C@H](C)O1. The van der Waals surface area contributed by atoms with Crippen LogP contribution in [0.25, 0.3) is 0 Å². The maximum atomic E-state index is 12.9. The molecule has 0 saturated carbocycles. The molecule has 0 aromatic heterocycles. The largest absolute Gasteiger partial charge is 0.444 e. The summed E-state index contributed by atoms with van der Waals surface area (Å²) in [6.07, 6.45) is 1.49. The standard InChI is InChI=1S/C24H37N3O4/c1-17-14-26(15-18(2)30-17)16-20-10-7-6-9-19(20)13-25-22(28)21-11-8-12-27(21)23(29)31-24(3,4)5/h6-7,9-10,17-18,21H,8,11-16H2,1-5H3,(H,25,28)/t17-,18+,21-/m1/s1. The predicted molar refractivity (Wildman–Crippen MR) is 120 cm³/mol. The number of amides is 2. The summed E-state index contributed by atoms with van der Waals surface area (Å²) in [5.41, 5.74) is 1.73. The van der Waals surface area contributed by atoms with Gasteiger partial charge in [0.2, 0.25) is 5.91 Å². The van der Waals surface area contributed by atoms with Gasteiger partial charge in [-0.05, 0) is 58.6 Å². The van der Waals surface area contributed by atoms with Gasteiger partial charge in [-0.3, -0.25) is 14.6 Å². The van der Waals surface area contributed by atoms with Gasteiger partial charge in [-0.25, -0.2) is 4.79 Å². The van der Waals surface area contributed by atoms with Crippen molar-refractivity contribution < 1.29 is 19.1 Å². The first-order valence-corrected chi connectivity index (χ1v) is 11.3. The van der Waals surface area contributed by atoms with Crippen LogP contribution in [-0.4, -0.2) is 65.3 Å². The van der Waals surface area contributed by atoms with Crippen LogP contribution in [0, 0.1) is 0 Å². The van der Waals surface area contributed by atoms with Crippen LogP contribution < -0.4 is 5.32 Å². The molecule has 1 N–H and O–H groups in total. The Labute approximate surface area is 186 Å². The van der Waals surface area contributed by atoms with Crippen LogP contribution in [-0.2, 0) is 27.4 Å². The van der Waals surface area contributed by atoms with Crippen molar-refractivity contribution in [2.24, 2.45) is 0 Å². The van der Waals surface area contributed by atoms with Gasteiger partial charge in [-0.2, -0.15) is 0 Å². The van der Waals surface area contributed by atoms with Crippen molar-refractivity contribution in [3.63, 3.8) is 0 Å². The second kappa shape index (κ2) is 10.0. The molecule has 0 radical (unpaired) electrons. The topological polar surface area (TPSA) is 71.1 Å². The number of rotatable bonds is 5. The van der Waals surface area contributed by atoms with Crippen molar-refractivity contribution in [1.29, 1.82) is 0 Å². The highest BCUT2D eigenvalue weighted by Gasteiger charge is 2.36. The highest BCUT2D eigenvalue weighted by Crippen LogP contribution is 2.22. The Balaban J connectivity index is 1.59. The molecule has 1 aromatic rings. The molecule has 1 aromatic carbocycles. The van der Waals surface area contributed by atoms with Gasteiger partial charge in [-0.15, -0.1) is 0 Å². The van der Waals surface area contributed by atoms with Crippen LogP contribution in [0.15, 0.2) is 24.3 Å². The van der Waals surface area contributed by atoms with E-state index >= 15 is 0 Å². The first-order valence-electron chi connectivity index (χ1n) is 11.3. The average Bonchev–Trinajstić information content (AvgIpc) is 3.15. The van der Waals surface area contributed by atoms with Crippen LogP contribution >= 0.6 is 0 Å². The molecule has 0 unspecified atom stereocenters. The molecule has 2 fully saturated rings. The Kier molecular flexibility index (Phi) is 7.59. The smallest absolute Gasteiger partial charge is 0.410 e. The lowest BCUT2D eigenvalue weighted by Crippen LogP contribution is -2.47. The third kappa shape index (κ3) is 6.68. The van der Waals surface area contributed by atoms with Gasteiger partial charge >= 0.3 is 6.09 Å². The molecule has 0 spiro atoms. The Morgan fingerprint density at radius 2 is 1.77 bits per heavy atom. The highest BCUT2D eigenvalue weighted by atomic mass is 16.6. The van der Waals surface area contributed by atoms with E-state index in [1.54, 1.807) is 4.90 Å².